The molecule has 3 fully saturated rings. The first-order valence-electron chi connectivity index (χ1n) is 16.4. The number of carbonyl (C=O) groups excluding carboxylic acids is 5. The van der Waals surface area contributed by atoms with Gasteiger partial charge in [0.1, 0.15) is 41.3 Å². The molecule has 264 valence electrons. The predicted molar refractivity (Wildman–Crippen MR) is 173 cm³/mol. The Bertz CT molecular complexity index is 1660. The maximum absolute atomic E-state index is 14.4. The number of aromatic carboxylic acids is 1. The van der Waals surface area contributed by atoms with E-state index in [-0.39, 0.29) is 77.9 Å². The number of hydrogen-bond acceptors (Lipinski definition) is 11. The molecule has 1 aromatic carbocycles. The number of alkyl carbamates (subject to hydrolysis) is 1. The Labute approximate surface area is 312 Å². The smallest absolute Gasteiger partial charge is 0.543 e. The summed E-state index contributed by atoms with van der Waals surface area (Å²) in [6.45, 7) is 9.02. The van der Waals surface area contributed by atoms with Crippen molar-refractivity contribution in [2.45, 2.75) is 89.1 Å². The molecule has 5 rings (SSSR count). The van der Waals surface area contributed by atoms with Crippen LogP contribution in [0.4, 0.5) is 4.79 Å². The Morgan fingerprint density at radius 1 is 1.10 bits per heavy atom. The van der Waals surface area contributed by atoms with E-state index in [2.05, 4.69) is 22.2 Å². The van der Waals surface area contributed by atoms with E-state index in [1.54, 1.807) is 45.0 Å². The van der Waals surface area contributed by atoms with Crippen LogP contribution in [0, 0.1) is 11.3 Å². The molecule has 1 aromatic heterocycles. The molecule has 1 aliphatic heterocycles. The number of carbonyl (C=O) groups is 5. The van der Waals surface area contributed by atoms with Crippen molar-refractivity contribution in [1.82, 2.24) is 20.5 Å². The minimum Gasteiger partial charge on any atom is -0.543 e. The summed E-state index contributed by atoms with van der Waals surface area (Å²) in [5.74, 6) is -3.09. The van der Waals surface area contributed by atoms with Crippen molar-refractivity contribution in [2.24, 2.45) is 11.3 Å². The number of ether oxygens (including phenoxy) is 4. The fourth-order valence-corrected chi connectivity index (χ4v) is 6.67. The summed E-state index contributed by atoms with van der Waals surface area (Å²) in [4.78, 5) is 71.5. The summed E-state index contributed by atoms with van der Waals surface area (Å²) in [5.41, 5.74) is -2.22. The van der Waals surface area contributed by atoms with E-state index in [1.807, 2.05) is 0 Å². The average Bonchev–Trinajstić information content (AvgIpc) is 3.34. The van der Waals surface area contributed by atoms with E-state index in [0.29, 0.717) is 11.1 Å². The van der Waals surface area contributed by atoms with Crippen LogP contribution in [0.1, 0.15) is 69.8 Å². The van der Waals surface area contributed by atoms with Crippen molar-refractivity contribution < 1.29 is 77.6 Å². The number of carboxylic acids is 1. The third-order valence-corrected chi connectivity index (χ3v) is 9.48. The molecule has 15 heteroatoms. The third kappa shape index (κ3) is 8.18. The summed E-state index contributed by atoms with van der Waals surface area (Å²) in [6.07, 6.45) is 3.48. The molecule has 2 aliphatic carbocycles. The van der Waals surface area contributed by atoms with E-state index in [1.165, 1.54) is 25.2 Å². The van der Waals surface area contributed by atoms with E-state index in [4.69, 9.17) is 18.9 Å². The summed E-state index contributed by atoms with van der Waals surface area (Å²) >= 11 is 0. The van der Waals surface area contributed by atoms with Gasteiger partial charge in [0.15, 0.2) is 0 Å². The van der Waals surface area contributed by atoms with Gasteiger partial charge in [0, 0.05) is 29.9 Å². The number of methoxy groups -OCH3 is 2. The minimum absolute atomic E-state index is 0. The fourth-order valence-electron chi connectivity index (χ4n) is 6.67. The van der Waals surface area contributed by atoms with E-state index < -0.39 is 59.0 Å². The second kappa shape index (κ2) is 15.6. The van der Waals surface area contributed by atoms with Crippen LogP contribution < -0.4 is 54.8 Å². The van der Waals surface area contributed by atoms with Crippen molar-refractivity contribution in [3.05, 3.63) is 42.6 Å². The fraction of sp³-hybridized carbons (Fsp3) is 0.543. The van der Waals surface area contributed by atoms with Crippen LogP contribution in [0.15, 0.2) is 36.9 Å². The maximum Gasteiger partial charge on any atom is 1.00 e. The van der Waals surface area contributed by atoms with Gasteiger partial charge in [-0.15, -0.1) is 6.58 Å². The Kier molecular flexibility index (Phi) is 12.1. The van der Waals surface area contributed by atoms with Crippen molar-refractivity contribution >= 4 is 40.7 Å². The molecule has 5 atom stereocenters. The number of esters is 1. The minimum atomic E-state index is -1.52. The van der Waals surface area contributed by atoms with Gasteiger partial charge in [-0.25, -0.2) is 14.6 Å². The Balaban J connectivity index is 0.00000562. The first-order valence-corrected chi connectivity index (χ1v) is 16.4. The van der Waals surface area contributed by atoms with E-state index >= 15 is 0 Å². The van der Waals surface area contributed by atoms with Gasteiger partial charge in [0.05, 0.1) is 37.9 Å². The Hall–Kier alpha value is -3.88. The topological polar surface area (TPSA) is 186 Å². The molecule has 5 unspecified atom stereocenters. The van der Waals surface area contributed by atoms with Crippen LogP contribution in [0.3, 0.4) is 0 Å². The van der Waals surface area contributed by atoms with E-state index in [0.717, 1.165) is 25.7 Å². The zero-order chi connectivity index (χ0) is 35.7. The van der Waals surface area contributed by atoms with Crippen molar-refractivity contribution in [2.75, 3.05) is 20.8 Å². The molecule has 14 nitrogen and oxygen atoms in total. The number of rotatable bonds is 11. The van der Waals surface area contributed by atoms with Crippen LogP contribution in [0.5, 0.6) is 11.5 Å². The number of fused-ring (bicyclic) bond motifs is 1. The van der Waals surface area contributed by atoms with Crippen LogP contribution in [-0.2, 0) is 23.9 Å². The number of carboxylic acid groups (broad SMARTS) is 1. The monoisotopic (exact) mass is 702 g/mol. The van der Waals surface area contributed by atoms with Gasteiger partial charge >= 0.3 is 41.6 Å². The Morgan fingerprint density at radius 3 is 2.38 bits per heavy atom. The number of nitrogens with zero attached hydrogens (tertiary/aromatic N) is 2. The van der Waals surface area contributed by atoms with Crippen LogP contribution >= 0.6 is 0 Å². The number of aromatic nitrogens is 1. The molecular weight excluding hydrogens is 659 g/mol. The first-order chi connectivity index (χ1) is 23.2. The van der Waals surface area contributed by atoms with Gasteiger partial charge in [-0.2, -0.15) is 0 Å². The van der Waals surface area contributed by atoms with Crippen molar-refractivity contribution in [3.63, 3.8) is 0 Å². The Morgan fingerprint density at radius 2 is 1.80 bits per heavy atom. The molecule has 3 amide bonds. The second-order valence-electron chi connectivity index (χ2n) is 13.9. The van der Waals surface area contributed by atoms with Gasteiger partial charge in [0.2, 0.25) is 11.8 Å². The average molecular weight is 703 g/mol. The van der Waals surface area contributed by atoms with Gasteiger partial charge in [-0.1, -0.05) is 26.8 Å². The largest absolute Gasteiger partial charge is 1.00 e. The molecule has 2 N–H and O–H groups in total. The van der Waals surface area contributed by atoms with E-state index in [9.17, 15) is 29.1 Å². The molecule has 2 heterocycles. The number of benzene rings is 1. The number of amides is 3. The van der Waals surface area contributed by atoms with Gasteiger partial charge in [0.25, 0.3) is 0 Å². The standard InChI is InChI=1S/C35H44N4O10.Na/c1-7-19-17-35(19,32(44)47-6)38-29(40)26-15-22(48-27-16-25(31(42)43)36-24-14-21(46-5)12-13-23(24)27)18-39(26)30(41)28(34(2,3)4)37-33(45)49-20-10-8-9-11-20;/h7,12-14,16,19-20,22,26,28H,1,8-11,15,17-18H2,2-6H3,(H,37,45)(H,38,40)(H,42,43);/q;+1/p-1. The molecule has 0 radical (unpaired) electrons. The molecule has 3 aliphatic rings. The quantitative estimate of drug-likeness (QED) is 0.171. The SMILES string of the molecule is C=CC1CC1(NC(=O)C1CC(Oc2cc(C(=O)[O-])nc3cc(OC)ccc23)CN1C(=O)C(NC(=O)OC1CCCC1)C(C)(C)C)C(=O)OC.[Na+]. The van der Waals surface area contributed by atoms with Gasteiger partial charge in [-0.05, 0) is 49.7 Å². The molecule has 0 bridgehead atoms. The number of pyridine rings is 1. The molecule has 2 saturated carbocycles. The summed E-state index contributed by atoms with van der Waals surface area (Å²) in [5, 5.41) is 17.9. The molecule has 1 saturated heterocycles. The predicted octanol–water partition coefficient (Wildman–Crippen LogP) is -0.723. The van der Waals surface area contributed by atoms with Crippen LogP contribution in [0.2, 0.25) is 0 Å². The second-order valence-corrected chi connectivity index (χ2v) is 13.9. The number of nitrogens with one attached hydrogen (secondary N) is 2. The van der Waals surface area contributed by atoms with Crippen LogP contribution in [0.25, 0.3) is 10.9 Å². The summed E-state index contributed by atoms with van der Waals surface area (Å²) in [6, 6.07) is 3.89. The zero-order valence-corrected chi connectivity index (χ0v) is 31.4. The summed E-state index contributed by atoms with van der Waals surface area (Å²) < 4.78 is 22.2. The van der Waals surface area contributed by atoms with Crippen molar-refractivity contribution in [3.8, 4) is 11.5 Å². The first kappa shape index (κ1) is 38.9. The number of hydrogen-bond donors (Lipinski definition) is 2. The van der Waals surface area contributed by atoms with Crippen LogP contribution in [-0.4, -0.2) is 90.3 Å². The van der Waals surface area contributed by atoms with Gasteiger partial charge < -0.3 is 44.4 Å². The maximum atomic E-state index is 14.4. The number of likely N-dealkylation sites (tertiary alicyclic amines) is 1. The third-order valence-electron chi connectivity index (χ3n) is 9.48. The van der Waals surface area contributed by atoms with Crippen molar-refractivity contribution in [1.29, 1.82) is 0 Å². The molecule has 2 aromatic rings. The molecular formula is C35H43N4NaO10. The molecule has 50 heavy (non-hydrogen) atoms. The normalized spacial score (nSPS) is 23.6. The zero-order valence-electron chi connectivity index (χ0n) is 29.4. The van der Waals surface area contributed by atoms with Gasteiger partial charge in [-0.3, -0.25) is 9.59 Å². The molecule has 0 spiro atoms. The summed E-state index contributed by atoms with van der Waals surface area (Å²) in [7, 11) is 2.69.